The summed E-state index contributed by atoms with van der Waals surface area (Å²) in [6.07, 6.45) is 6.02. The topological polar surface area (TPSA) is 28.2 Å². The summed E-state index contributed by atoms with van der Waals surface area (Å²) in [7, 11) is 0. The summed E-state index contributed by atoms with van der Waals surface area (Å²) in [4.78, 5) is 6.99. The van der Waals surface area contributed by atoms with Gasteiger partial charge in [-0.2, -0.15) is 0 Å². The van der Waals surface area contributed by atoms with E-state index in [1.807, 2.05) is 6.20 Å². The summed E-state index contributed by atoms with van der Waals surface area (Å²) in [6.45, 7) is 7.47. The van der Waals surface area contributed by atoms with Crippen LogP contribution in [0.4, 0.5) is 5.82 Å². The molecule has 0 bridgehead atoms. The maximum atomic E-state index is 6.26. The van der Waals surface area contributed by atoms with Crippen molar-refractivity contribution in [1.82, 2.24) is 10.3 Å². The Morgan fingerprint density at radius 1 is 1.35 bits per heavy atom. The Balaban J connectivity index is 1.72. The van der Waals surface area contributed by atoms with Crippen molar-refractivity contribution in [1.29, 1.82) is 0 Å². The molecule has 1 aromatic rings. The maximum absolute atomic E-state index is 6.26. The van der Waals surface area contributed by atoms with E-state index in [1.165, 1.54) is 32.4 Å². The minimum Gasteiger partial charge on any atom is -0.356 e. The molecule has 1 aliphatic carbocycles. The van der Waals surface area contributed by atoms with Crippen LogP contribution in [0.1, 0.15) is 38.7 Å². The maximum Gasteiger partial charge on any atom is 0.128 e. The van der Waals surface area contributed by atoms with E-state index in [0.717, 1.165) is 34.8 Å². The molecule has 110 valence electrons. The van der Waals surface area contributed by atoms with Crippen LogP contribution >= 0.6 is 11.6 Å². The van der Waals surface area contributed by atoms with Crippen molar-refractivity contribution in [3.8, 4) is 0 Å². The first-order chi connectivity index (χ1) is 9.63. The van der Waals surface area contributed by atoms with Crippen LogP contribution in [0.3, 0.4) is 0 Å². The van der Waals surface area contributed by atoms with Gasteiger partial charge in [0.05, 0.1) is 5.02 Å². The van der Waals surface area contributed by atoms with Crippen LogP contribution in [0.2, 0.25) is 5.02 Å². The summed E-state index contributed by atoms with van der Waals surface area (Å²) in [5.74, 6) is 2.89. The Kier molecular flexibility index (Phi) is 4.18. The van der Waals surface area contributed by atoms with Crippen molar-refractivity contribution in [2.24, 2.45) is 11.8 Å². The van der Waals surface area contributed by atoms with Crippen LogP contribution in [0.15, 0.2) is 12.3 Å². The molecule has 0 amide bonds. The van der Waals surface area contributed by atoms with Gasteiger partial charge < -0.3 is 10.2 Å². The second kappa shape index (κ2) is 5.90. The minimum absolute atomic E-state index is 0.467. The van der Waals surface area contributed by atoms with Crippen molar-refractivity contribution in [3.05, 3.63) is 22.8 Å². The highest BCUT2D eigenvalue weighted by Crippen LogP contribution is 2.39. The molecule has 0 aromatic carbocycles. The first-order valence-electron chi connectivity index (χ1n) is 7.76. The largest absolute Gasteiger partial charge is 0.356 e. The van der Waals surface area contributed by atoms with Gasteiger partial charge in [0, 0.05) is 31.9 Å². The zero-order valence-corrected chi connectivity index (χ0v) is 13.2. The Morgan fingerprint density at radius 2 is 2.05 bits per heavy atom. The summed E-state index contributed by atoms with van der Waals surface area (Å²) < 4.78 is 0. The molecule has 20 heavy (non-hydrogen) atoms. The lowest BCUT2D eigenvalue weighted by Crippen LogP contribution is -2.24. The fraction of sp³-hybridized carbons (Fsp3) is 0.688. The highest BCUT2D eigenvalue weighted by atomic mass is 35.5. The Hall–Kier alpha value is -0.800. The van der Waals surface area contributed by atoms with Crippen molar-refractivity contribution in [2.45, 2.75) is 45.7 Å². The number of hydrogen-bond acceptors (Lipinski definition) is 3. The monoisotopic (exact) mass is 293 g/mol. The molecule has 0 spiro atoms. The minimum atomic E-state index is 0.467. The molecule has 3 rings (SSSR count). The molecule has 2 aliphatic rings. The van der Waals surface area contributed by atoms with Gasteiger partial charge in [0.2, 0.25) is 0 Å². The number of nitrogens with zero attached hydrogens (tertiary/aromatic N) is 2. The summed E-state index contributed by atoms with van der Waals surface area (Å²) in [5.41, 5.74) is 1.16. The quantitative estimate of drug-likeness (QED) is 0.921. The predicted molar refractivity (Wildman–Crippen MR) is 84.3 cm³/mol. The van der Waals surface area contributed by atoms with Crippen LogP contribution in [0.25, 0.3) is 0 Å². The second-order valence-electron chi connectivity index (χ2n) is 6.53. The van der Waals surface area contributed by atoms with Crippen molar-refractivity contribution < 1.29 is 0 Å². The zero-order valence-electron chi connectivity index (χ0n) is 12.4. The molecule has 2 unspecified atom stereocenters. The molecule has 1 saturated carbocycles. The second-order valence-corrected chi connectivity index (χ2v) is 6.93. The summed E-state index contributed by atoms with van der Waals surface area (Å²) in [6, 6.07) is 2.63. The third kappa shape index (κ3) is 2.94. The van der Waals surface area contributed by atoms with E-state index in [-0.39, 0.29) is 0 Å². The van der Waals surface area contributed by atoms with Crippen molar-refractivity contribution in [3.63, 3.8) is 0 Å². The molecule has 2 heterocycles. The predicted octanol–water partition coefficient (Wildman–Crippen LogP) is 3.47. The molecule has 0 radical (unpaired) electrons. The van der Waals surface area contributed by atoms with Gasteiger partial charge >= 0.3 is 0 Å². The number of aromatic nitrogens is 1. The van der Waals surface area contributed by atoms with Crippen molar-refractivity contribution in [2.75, 3.05) is 18.0 Å². The Bertz CT molecular complexity index is 463. The number of anilines is 1. The van der Waals surface area contributed by atoms with E-state index in [1.54, 1.807) is 0 Å². The smallest absolute Gasteiger partial charge is 0.128 e. The number of halogens is 1. The van der Waals surface area contributed by atoms with Gasteiger partial charge in [-0.3, -0.25) is 0 Å². The average molecular weight is 294 g/mol. The number of rotatable bonds is 4. The van der Waals surface area contributed by atoms with Gasteiger partial charge in [0.15, 0.2) is 0 Å². The molecule has 4 heteroatoms. The molecular formula is C16H24ClN3. The fourth-order valence-corrected chi connectivity index (χ4v) is 3.68. The number of nitrogens with one attached hydrogen (secondary N) is 1. The van der Waals surface area contributed by atoms with E-state index >= 15 is 0 Å². The van der Waals surface area contributed by atoms with E-state index in [9.17, 15) is 0 Å². The van der Waals surface area contributed by atoms with Gasteiger partial charge in [-0.25, -0.2) is 4.98 Å². The van der Waals surface area contributed by atoms with E-state index in [0.29, 0.717) is 6.04 Å². The molecule has 2 fully saturated rings. The highest BCUT2D eigenvalue weighted by Gasteiger charge is 2.36. The molecule has 2 atom stereocenters. The standard InChI is InChI=1S/C16H24ClN3/c1-11(2)18-7-14-6-16(19-8-15(14)17)20-9-12-4-3-5-13(12)10-20/h6,8,11-13,18H,3-5,7,9-10H2,1-2H3. The van der Waals surface area contributed by atoms with E-state index < -0.39 is 0 Å². The third-order valence-electron chi connectivity index (χ3n) is 4.67. The van der Waals surface area contributed by atoms with Crippen LogP contribution in [-0.2, 0) is 6.54 Å². The lowest BCUT2D eigenvalue weighted by Gasteiger charge is -2.20. The highest BCUT2D eigenvalue weighted by molar-refractivity contribution is 6.31. The summed E-state index contributed by atoms with van der Waals surface area (Å²) >= 11 is 6.26. The van der Waals surface area contributed by atoms with Crippen LogP contribution in [0.5, 0.6) is 0 Å². The Labute approximate surface area is 126 Å². The molecule has 1 aliphatic heterocycles. The lowest BCUT2D eigenvalue weighted by molar-refractivity contribution is 0.494. The van der Waals surface area contributed by atoms with Gasteiger partial charge in [-0.05, 0) is 36.3 Å². The fourth-order valence-electron chi connectivity index (χ4n) is 3.51. The molecule has 1 N–H and O–H groups in total. The van der Waals surface area contributed by atoms with Crippen LogP contribution in [-0.4, -0.2) is 24.1 Å². The normalized spacial score (nSPS) is 25.5. The zero-order chi connectivity index (χ0) is 14.1. The first kappa shape index (κ1) is 14.2. The number of fused-ring (bicyclic) bond motifs is 1. The third-order valence-corrected chi connectivity index (χ3v) is 5.01. The lowest BCUT2D eigenvalue weighted by atomic mass is 10.0. The van der Waals surface area contributed by atoms with Crippen molar-refractivity contribution >= 4 is 17.4 Å². The van der Waals surface area contributed by atoms with Gasteiger partial charge in [0.25, 0.3) is 0 Å². The molecule has 3 nitrogen and oxygen atoms in total. The van der Waals surface area contributed by atoms with E-state index in [2.05, 4.69) is 35.1 Å². The van der Waals surface area contributed by atoms with Gasteiger partial charge in [0.1, 0.15) is 5.82 Å². The van der Waals surface area contributed by atoms with Crippen LogP contribution < -0.4 is 10.2 Å². The van der Waals surface area contributed by atoms with Gasteiger partial charge in [-0.15, -0.1) is 0 Å². The summed E-state index contributed by atoms with van der Waals surface area (Å²) in [5, 5.41) is 4.19. The number of hydrogen-bond donors (Lipinski definition) is 1. The van der Waals surface area contributed by atoms with E-state index in [4.69, 9.17) is 11.6 Å². The van der Waals surface area contributed by atoms with Crippen LogP contribution in [0, 0.1) is 11.8 Å². The Morgan fingerprint density at radius 3 is 2.70 bits per heavy atom. The SMILES string of the molecule is CC(C)NCc1cc(N2CC3CCCC3C2)ncc1Cl. The first-order valence-corrected chi connectivity index (χ1v) is 8.14. The van der Waals surface area contributed by atoms with Gasteiger partial charge in [-0.1, -0.05) is 31.9 Å². The molecule has 1 saturated heterocycles. The molecular weight excluding hydrogens is 270 g/mol. The average Bonchev–Trinajstić information content (AvgIpc) is 2.98. The number of pyridine rings is 1. The molecule has 1 aromatic heterocycles.